The number of ether oxygens (including phenoxy) is 1. The van der Waals surface area contributed by atoms with Crippen molar-refractivity contribution in [1.82, 2.24) is 19.9 Å². The molecule has 4 aromatic rings. The van der Waals surface area contributed by atoms with Gasteiger partial charge in [-0.25, -0.2) is 8.78 Å². The highest BCUT2D eigenvalue weighted by molar-refractivity contribution is 6.02. The predicted molar refractivity (Wildman–Crippen MR) is 126 cm³/mol. The Morgan fingerprint density at radius 3 is 2.82 bits per heavy atom. The number of fused-ring (bicyclic) bond motifs is 1. The van der Waals surface area contributed by atoms with Crippen LogP contribution in [0, 0.1) is 0 Å². The van der Waals surface area contributed by atoms with Crippen molar-refractivity contribution >= 4 is 16.9 Å². The number of carbonyl (C=O) groups is 1. The molecule has 34 heavy (non-hydrogen) atoms. The maximum absolute atomic E-state index is 14.1. The minimum Gasteiger partial charge on any atom is -0.489 e. The summed E-state index contributed by atoms with van der Waals surface area (Å²) in [6, 6.07) is 14.7. The van der Waals surface area contributed by atoms with Crippen molar-refractivity contribution in [2.24, 2.45) is 0 Å². The van der Waals surface area contributed by atoms with Crippen LogP contribution in [-0.4, -0.2) is 50.9 Å². The number of H-pyrrole nitrogens is 1. The minimum absolute atomic E-state index is 0.0903. The molecule has 0 unspecified atom stereocenters. The van der Waals surface area contributed by atoms with Crippen LogP contribution in [0.2, 0.25) is 0 Å². The summed E-state index contributed by atoms with van der Waals surface area (Å²) in [5.74, 6) is -3.08. The Balaban J connectivity index is 1.52. The fourth-order valence-corrected chi connectivity index (χ4v) is 4.42. The van der Waals surface area contributed by atoms with Crippen molar-refractivity contribution in [1.29, 1.82) is 0 Å². The maximum atomic E-state index is 14.1. The molecule has 1 aromatic carbocycles. The molecule has 5 rings (SSSR count). The summed E-state index contributed by atoms with van der Waals surface area (Å²) in [5, 5.41) is 0. The van der Waals surface area contributed by atoms with Crippen molar-refractivity contribution < 1.29 is 18.3 Å². The normalized spacial score (nSPS) is 17.1. The summed E-state index contributed by atoms with van der Waals surface area (Å²) in [4.78, 5) is 25.4. The Morgan fingerprint density at radius 1 is 1.21 bits per heavy atom. The van der Waals surface area contributed by atoms with E-state index in [1.807, 2.05) is 48.5 Å². The molecule has 3 aromatic heterocycles. The highest BCUT2D eigenvalue weighted by atomic mass is 19.3. The van der Waals surface area contributed by atoms with E-state index in [-0.39, 0.29) is 6.61 Å². The monoisotopic (exact) mass is 460 g/mol. The highest BCUT2D eigenvalue weighted by Crippen LogP contribution is 2.41. The maximum Gasteiger partial charge on any atom is 0.267 e. The number of carbonyl (C=O) groups excluding carboxylic acids is 1. The number of likely N-dealkylation sites (tertiary alicyclic amines) is 1. The fourth-order valence-electron chi connectivity index (χ4n) is 4.42. The number of aromatic amines is 1. The zero-order chi connectivity index (χ0) is 23.7. The van der Waals surface area contributed by atoms with Gasteiger partial charge in [0.25, 0.3) is 5.92 Å². The average Bonchev–Trinajstić information content (AvgIpc) is 3.39. The van der Waals surface area contributed by atoms with Gasteiger partial charge < -0.3 is 14.6 Å². The predicted octanol–water partition coefficient (Wildman–Crippen LogP) is 5.09. The van der Waals surface area contributed by atoms with Crippen LogP contribution in [0.15, 0.2) is 79.8 Å². The Kier molecular flexibility index (Phi) is 5.57. The van der Waals surface area contributed by atoms with Crippen molar-refractivity contribution in [3.05, 3.63) is 79.8 Å². The van der Waals surface area contributed by atoms with Gasteiger partial charge in [0.05, 0.1) is 35.5 Å². The number of alkyl halides is 2. The van der Waals surface area contributed by atoms with Crippen LogP contribution in [0.1, 0.15) is 6.42 Å². The van der Waals surface area contributed by atoms with Gasteiger partial charge in [-0.3, -0.25) is 14.8 Å². The summed E-state index contributed by atoms with van der Waals surface area (Å²) in [6.07, 6.45) is 5.52. The fraction of sp³-hybridized carbons (Fsp3) is 0.192. The number of halogens is 2. The number of hydrogen-bond acceptors (Lipinski definition) is 4. The lowest BCUT2D eigenvalue weighted by molar-refractivity contribution is -0.128. The van der Waals surface area contributed by atoms with Crippen molar-refractivity contribution in [3.8, 4) is 28.1 Å². The third-order valence-electron chi connectivity index (χ3n) is 5.94. The molecule has 0 spiro atoms. The van der Waals surface area contributed by atoms with Crippen LogP contribution in [-0.2, 0) is 4.79 Å². The van der Waals surface area contributed by atoms with E-state index < -0.39 is 30.8 Å². The third-order valence-corrected chi connectivity index (χ3v) is 5.94. The van der Waals surface area contributed by atoms with Gasteiger partial charge in [0, 0.05) is 29.9 Å². The molecule has 1 aliphatic heterocycles. The van der Waals surface area contributed by atoms with Crippen LogP contribution in [0.5, 0.6) is 5.75 Å². The van der Waals surface area contributed by atoms with Crippen molar-refractivity contribution in [2.75, 3.05) is 13.2 Å². The van der Waals surface area contributed by atoms with Gasteiger partial charge in [0.15, 0.2) is 0 Å². The van der Waals surface area contributed by atoms with Crippen LogP contribution in [0.4, 0.5) is 8.78 Å². The topological polar surface area (TPSA) is 71.1 Å². The lowest BCUT2D eigenvalue weighted by atomic mass is 10.0. The Labute approximate surface area is 194 Å². The lowest BCUT2D eigenvalue weighted by Crippen LogP contribution is -2.38. The standard InChI is InChI=1S/C26H22F2N4O2/c1-2-22(33)32-16-26(27,28)13-18(32)15-34-21-14-29-12-10-19(21)24-23(17-7-4-3-5-8-17)25-20(31-24)9-6-11-30-25/h2-12,14,18,31H,1,13,15-16H2/t18-/m0/s1. The summed E-state index contributed by atoms with van der Waals surface area (Å²) >= 11 is 0. The number of nitrogens with one attached hydrogen (secondary N) is 1. The zero-order valence-electron chi connectivity index (χ0n) is 18.2. The van der Waals surface area contributed by atoms with Gasteiger partial charge in [0.2, 0.25) is 5.91 Å². The van der Waals surface area contributed by atoms with E-state index >= 15 is 0 Å². The van der Waals surface area contributed by atoms with Crippen LogP contribution in [0.25, 0.3) is 33.4 Å². The minimum atomic E-state index is -2.96. The van der Waals surface area contributed by atoms with E-state index in [4.69, 9.17) is 4.74 Å². The summed E-state index contributed by atoms with van der Waals surface area (Å²) < 4.78 is 34.1. The Hall–Kier alpha value is -4.07. The third kappa shape index (κ3) is 4.03. The van der Waals surface area contributed by atoms with Gasteiger partial charge in [-0.2, -0.15) is 0 Å². The molecule has 1 N–H and O–H groups in total. The number of hydrogen-bond donors (Lipinski definition) is 1. The first kappa shape index (κ1) is 21.8. The number of pyridine rings is 2. The SMILES string of the molecule is C=CC(=O)N1CC(F)(F)C[C@H]1COc1cnccc1-c1[nH]c2cccnc2c1-c1ccccc1. The van der Waals surface area contributed by atoms with Crippen molar-refractivity contribution in [2.45, 2.75) is 18.4 Å². The molecule has 1 fully saturated rings. The van der Waals surface area contributed by atoms with E-state index in [0.29, 0.717) is 5.75 Å². The van der Waals surface area contributed by atoms with E-state index in [1.54, 1.807) is 18.6 Å². The van der Waals surface area contributed by atoms with Gasteiger partial charge in [-0.05, 0) is 29.8 Å². The highest BCUT2D eigenvalue weighted by Gasteiger charge is 2.46. The summed E-state index contributed by atoms with van der Waals surface area (Å²) in [7, 11) is 0. The molecule has 1 aliphatic rings. The van der Waals surface area contributed by atoms with Crippen LogP contribution in [0.3, 0.4) is 0 Å². The molecule has 4 heterocycles. The number of benzene rings is 1. The molecule has 1 atom stereocenters. The second-order valence-corrected chi connectivity index (χ2v) is 8.21. The molecule has 1 amide bonds. The largest absolute Gasteiger partial charge is 0.489 e. The molecule has 1 saturated heterocycles. The Bertz CT molecular complexity index is 1350. The molecule has 6 nitrogen and oxygen atoms in total. The summed E-state index contributed by atoms with van der Waals surface area (Å²) in [5.41, 5.74) is 5.06. The van der Waals surface area contributed by atoms with Gasteiger partial charge in [-0.1, -0.05) is 36.9 Å². The smallest absolute Gasteiger partial charge is 0.267 e. The molecule has 0 bridgehead atoms. The molecule has 0 radical (unpaired) electrons. The number of nitrogens with zero attached hydrogens (tertiary/aromatic N) is 3. The lowest BCUT2D eigenvalue weighted by Gasteiger charge is -2.23. The molecule has 0 aliphatic carbocycles. The zero-order valence-corrected chi connectivity index (χ0v) is 18.2. The quantitative estimate of drug-likeness (QED) is 0.407. The van der Waals surface area contributed by atoms with Gasteiger partial charge in [-0.15, -0.1) is 0 Å². The van der Waals surface area contributed by atoms with E-state index in [1.165, 1.54) is 0 Å². The summed E-state index contributed by atoms with van der Waals surface area (Å²) in [6.45, 7) is 2.69. The second kappa shape index (κ2) is 8.70. The number of rotatable bonds is 6. The number of amides is 1. The molecule has 0 saturated carbocycles. The van der Waals surface area contributed by atoms with Crippen molar-refractivity contribution in [3.63, 3.8) is 0 Å². The average molecular weight is 460 g/mol. The van der Waals surface area contributed by atoms with E-state index in [0.717, 1.165) is 44.4 Å². The first-order valence-electron chi connectivity index (χ1n) is 10.9. The van der Waals surface area contributed by atoms with Gasteiger partial charge in [0.1, 0.15) is 12.4 Å². The first-order valence-corrected chi connectivity index (χ1v) is 10.9. The van der Waals surface area contributed by atoms with E-state index in [2.05, 4.69) is 21.5 Å². The van der Waals surface area contributed by atoms with E-state index in [9.17, 15) is 13.6 Å². The van der Waals surface area contributed by atoms with Crippen LogP contribution >= 0.6 is 0 Å². The molecular formula is C26H22F2N4O2. The van der Waals surface area contributed by atoms with Crippen LogP contribution < -0.4 is 4.74 Å². The first-order chi connectivity index (χ1) is 16.5. The number of aromatic nitrogens is 3. The Morgan fingerprint density at radius 2 is 2.03 bits per heavy atom. The van der Waals surface area contributed by atoms with Gasteiger partial charge >= 0.3 is 0 Å². The molecule has 8 heteroatoms. The molecule has 172 valence electrons. The molecular weight excluding hydrogens is 438 g/mol. The second-order valence-electron chi connectivity index (χ2n) is 8.21.